The molecular formula is C15H13BrF3N3O4. The summed E-state index contributed by atoms with van der Waals surface area (Å²) >= 11 is 2.69. The molecule has 1 N–H and O–H groups in total. The van der Waals surface area contributed by atoms with Gasteiger partial charge in [0, 0.05) is 13.1 Å². The lowest BCUT2D eigenvalue weighted by molar-refractivity contribution is -0.0589. The van der Waals surface area contributed by atoms with Crippen molar-refractivity contribution in [3.05, 3.63) is 27.7 Å². The number of rotatable bonds is 2. The maximum Gasteiger partial charge on any atom is 0.295 e. The van der Waals surface area contributed by atoms with Gasteiger partial charge in [-0.2, -0.15) is 9.37 Å². The van der Waals surface area contributed by atoms with Gasteiger partial charge in [-0.1, -0.05) is 5.16 Å². The fourth-order valence-electron chi connectivity index (χ4n) is 2.71. The van der Waals surface area contributed by atoms with Crippen molar-refractivity contribution >= 4 is 21.8 Å². The zero-order valence-corrected chi connectivity index (χ0v) is 15.2. The molecule has 140 valence electrons. The minimum Gasteiger partial charge on any atom is -0.503 e. The summed E-state index contributed by atoms with van der Waals surface area (Å²) in [6.07, 6.45) is -0.382. The number of phenolic OH excluding ortho intramolecular Hbond substituents is 1. The number of hydrogen-bond acceptors (Lipinski definition) is 6. The van der Waals surface area contributed by atoms with E-state index in [4.69, 9.17) is 9.26 Å². The summed E-state index contributed by atoms with van der Waals surface area (Å²) in [5.74, 6) is -7.84. The highest BCUT2D eigenvalue weighted by molar-refractivity contribution is 9.10. The number of benzene rings is 1. The maximum atomic E-state index is 14.1. The number of phenols is 1. The van der Waals surface area contributed by atoms with Gasteiger partial charge >= 0.3 is 0 Å². The predicted molar refractivity (Wildman–Crippen MR) is 84.9 cm³/mol. The molecule has 1 aliphatic rings. The molecule has 1 saturated heterocycles. The molecule has 2 aromatic rings. The van der Waals surface area contributed by atoms with Crippen LogP contribution < -0.4 is 0 Å². The van der Waals surface area contributed by atoms with Gasteiger partial charge in [0.15, 0.2) is 17.4 Å². The summed E-state index contributed by atoms with van der Waals surface area (Å²) in [4.78, 5) is 17.7. The van der Waals surface area contributed by atoms with E-state index in [1.54, 1.807) is 13.8 Å². The standard InChI is InChI=1S/C15H13BrF3N3O4/c1-5-3-22(4-6(2)25-5)15(24)13-20-14(26-21-13)7-8(16)10(18)11(19)12(23)9(7)17/h5-6,23H,3-4H2,1-2H3/t5-,6+. The lowest BCUT2D eigenvalue weighted by Gasteiger charge is -2.34. The van der Waals surface area contributed by atoms with Gasteiger partial charge in [0.1, 0.15) is 0 Å². The predicted octanol–water partition coefficient (Wildman–Crippen LogP) is 2.87. The van der Waals surface area contributed by atoms with E-state index in [0.717, 1.165) is 0 Å². The van der Waals surface area contributed by atoms with Crippen LogP contribution in [0.15, 0.2) is 9.00 Å². The van der Waals surface area contributed by atoms with E-state index in [9.17, 15) is 23.1 Å². The third-order valence-electron chi connectivity index (χ3n) is 3.78. The normalized spacial score (nSPS) is 20.5. The summed E-state index contributed by atoms with van der Waals surface area (Å²) in [6.45, 7) is 4.20. The van der Waals surface area contributed by atoms with E-state index < -0.39 is 45.0 Å². The minimum atomic E-state index is -1.76. The van der Waals surface area contributed by atoms with E-state index in [0.29, 0.717) is 13.1 Å². The summed E-state index contributed by atoms with van der Waals surface area (Å²) in [5, 5.41) is 12.8. The van der Waals surface area contributed by atoms with Crippen molar-refractivity contribution in [2.75, 3.05) is 13.1 Å². The van der Waals surface area contributed by atoms with Crippen LogP contribution in [0.5, 0.6) is 5.75 Å². The van der Waals surface area contributed by atoms with E-state index in [2.05, 4.69) is 26.1 Å². The number of hydrogen-bond donors (Lipinski definition) is 1. The average molecular weight is 436 g/mol. The second-order valence-electron chi connectivity index (χ2n) is 5.87. The second kappa shape index (κ2) is 6.88. The first-order valence-electron chi connectivity index (χ1n) is 7.54. The Labute approximate surface area is 153 Å². The topological polar surface area (TPSA) is 88.7 Å². The van der Waals surface area contributed by atoms with Crippen LogP contribution in [-0.4, -0.2) is 51.4 Å². The molecule has 2 atom stereocenters. The van der Waals surface area contributed by atoms with Gasteiger partial charge in [-0.3, -0.25) is 4.79 Å². The fourth-order valence-corrected chi connectivity index (χ4v) is 3.22. The highest BCUT2D eigenvalue weighted by atomic mass is 79.9. The molecular weight excluding hydrogens is 423 g/mol. The number of morpholine rings is 1. The van der Waals surface area contributed by atoms with Crippen molar-refractivity contribution in [1.82, 2.24) is 15.0 Å². The Morgan fingerprint density at radius 3 is 2.42 bits per heavy atom. The molecule has 1 amide bonds. The molecule has 3 rings (SSSR count). The Morgan fingerprint density at radius 1 is 1.19 bits per heavy atom. The summed E-state index contributed by atoms with van der Waals surface area (Å²) in [7, 11) is 0. The van der Waals surface area contributed by atoms with Crippen LogP contribution in [-0.2, 0) is 4.74 Å². The Hall–Kier alpha value is -2.14. The SMILES string of the molecule is C[C@@H]1CN(C(=O)c2noc(-c3c(F)c(O)c(F)c(F)c3Br)n2)C[C@H](C)O1. The number of carbonyl (C=O) groups is 1. The Morgan fingerprint density at radius 2 is 1.81 bits per heavy atom. The Balaban J connectivity index is 1.95. The van der Waals surface area contributed by atoms with Crippen LogP contribution >= 0.6 is 15.9 Å². The molecule has 7 nitrogen and oxygen atoms in total. The first kappa shape index (κ1) is 18.6. The Kier molecular flexibility index (Phi) is 4.93. The van der Waals surface area contributed by atoms with Crippen molar-refractivity contribution in [3.8, 4) is 17.2 Å². The molecule has 26 heavy (non-hydrogen) atoms. The lowest BCUT2D eigenvalue weighted by Crippen LogP contribution is -2.48. The molecule has 0 unspecified atom stereocenters. The lowest BCUT2D eigenvalue weighted by atomic mass is 10.1. The van der Waals surface area contributed by atoms with E-state index in [1.165, 1.54) is 4.90 Å². The highest BCUT2D eigenvalue weighted by Crippen LogP contribution is 2.38. The molecule has 1 aliphatic heterocycles. The maximum absolute atomic E-state index is 14.1. The molecule has 1 aromatic carbocycles. The van der Waals surface area contributed by atoms with Gasteiger partial charge < -0.3 is 19.3 Å². The van der Waals surface area contributed by atoms with E-state index in [-0.39, 0.29) is 18.0 Å². The summed E-state index contributed by atoms with van der Waals surface area (Å²) in [5.41, 5.74) is -0.684. The molecule has 0 bridgehead atoms. The van der Waals surface area contributed by atoms with Gasteiger partial charge in [0.25, 0.3) is 17.6 Å². The quantitative estimate of drug-likeness (QED) is 0.576. The van der Waals surface area contributed by atoms with Crippen molar-refractivity contribution in [2.45, 2.75) is 26.1 Å². The number of nitrogens with zero attached hydrogens (tertiary/aromatic N) is 3. The largest absolute Gasteiger partial charge is 0.503 e. The van der Waals surface area contributed by atoms with Crippen LogP contribution in [0.2, 0.25) is 0 Å². The molecule has 11 heteroatoms. The summed E-state index contributed by atoms with van der Waals surface area (Å²) in [6, 6.07) is 0. The van der Waals surface area contributed by atoms with Crippen molar-refractivity contribution in [1.29, 1.82) is 0 Å². The van der Waals surface area contributed by atoms with Crippen LogP contribution in [0.1, 0.15) is 24.5 Å². The number of halogens is 4. The summed E-state index contributed by atoms with van der Waals surface area (Å²) < 4.78 is 50.9. The Bertz CT molecular complexity index is 837. The van der Waals surface area contributed by atoms with Gasteiger partial charge in [-0.25, -0.2) is 8.78 Å². The second-order valence-corrected chi connectivity index (χ2v) is 6.66. The molecule has 0 saturated carbocycles. The van der Waals surface area contributed by atoms with Crippen LogP contribution in [0.25, 0.3) is 11.5 Å². The zero-order valence-electron chi connectivity index (χ0n) is 13.6. The molecule has 0 spiro atoms. The first-order chi connectivity index (χ1) is 12.2. The molecule has 0 aliphatic carbocycles. The van der Waals surface area contributed by atoms with Crippen LogP contribution in [0.4, 0.5) is 13.2 Å². The van der Waals surface area contributed by atoms with E-state index >= 15 is 0 Å². The molecule has 1 aromatic heterocycles. The van der Waals surface area contributed by atoms with Gasteiger partial charge in [-0.15, -0.1) is 0 Å². The minimum absolute atomic E-state index is 0.191. The molecule has 2 heterocycles. The first-order valence-corrected chi connectivity index (χ1v) is 8.33. The fraction of sp³-hybridized carbons (Fsp3) is 0.400. The zero-order chi connectivity index (χ0) is 19.2. The third-order valence-corrected chi connectivity index (χ3v) is 4.52. The van der Waals surface area contributed by atoms with Crippen molar-refractivity contribution < 1.29 is 32.3 Å². The van der Waals surface area contributed by atoms with Crippen molar-refractivity contribution in [2.24, 2.45) is 0 Å². The average Bonchev–Trinajstić information content (AvgIpc) is 3.06. The van der Waals surface area contributed by atoms with Crippen LogP contribution in [0, 0.1) is 17.5 Å². The van der Waals surface area contributed by atoms with Gasteiger partial charge in [-0.05, 0) is 29.8 Å². The van der Waals surface area contributed by atoms with Gasteiger partial charge in [0.2, 0.25) is 5.82 Å². The molecule has 0 radical (unpaired) electrons. The van der Waals surface area contributed by atoms with Crippen molar-refractivity contribution in [3.63, 3.8) is 0 Å². The number of carbonyl (C=O) groups excluding carboxylic acids is 1. The molecule has 1 fully saturated rings. The highest BCUT2D eigenvalue weighted by Gasteiger charge is 2.32. The third kappa shape index (κ3) is 3.16. The van der Waals surface area contributed by atoms with Gasteiger partial charge in [0.05, 0.1) is 22.2 Å². The number of aromatic hydroxyl groups is 1. The smallest absolute Gasteiger partial charge is 0.295 e. The number of aromatic nitrogens is 2. The number of ether oxygens (including phenoxy) is 1. The van der Waals surface area contributed by atoms with E-state index in [1.807, 2.05) is 0 Å². The monoisotopic (exact) mass is 435 g/mol. The van der Waals surface area contributed by atoms with Crippen LogP contribution in [0.3, 0.4) is 0 Å². The number of amides is 1.